The number of nitrogens with two attached hydrogens (primary N) is 1. The van der Waals surface area contributed by atoms with Gasteiger partial charge in [0.2, 0.25) is 0 Å². The molecule has 0 saturated heterocycles. The predicted octanol–water partition coefficient (Wildman–Crippen LogP) is 2.74. The second kappa shape index (κ2) is 5.77. The number of aliphatic hydroxyl groups is 1. The van der Waals surface area contributed by atoms with E-state index in [1.807, 2.05) is 0 Å². The molecule has 0 amide bonds. The second-order valence-electron chi connectivity index (χ2n) is 3.88. The summed E-state index contributed by atoms with van der Waals surface area (Å²) >= 11 is 4.82. The first-order chi connectivity index (χ1) is 9.11. The molecule has 2 rings (SSSR count). The van der Waals surface area contributed by atoms with Crippen molar-refractivity contribution in [3.8, 4) is 11.5 Å². The molecule has 3 N–H and O–H groups in total. The van der Waals surface area contributed by atoms with E-state index in [2.05, 4.69) is 0 Å². The number of aliphatic hydroxyl groups excluding tert-OH is 1. The van der Waals surface area contributed by atoms with Crippen LogP contribution in [0.15, 0.2) is 42.5 Å². The van der Waals surface area contributed by atoms with Gasteiger partial charge in [0.05, 0.1) is 12.2 Å². The van der Waals surface area contributed by atoms with Crippen LogP contribution in [-0.4, -0.2) is 10.1 Å². The maximum Gasteiger partial charge on any atom is 0.140 e. The lowest BCUT2D eigenvalue weighted by atomic mass is 10.2. The smallest absolute Gasteiger partial charge is 0.140 e. The lowest BCUT2D eigenvalue weighted by Crippen LogP contribution is -2.13. The lowest BCUT2D eigenvalue weighted by Gasteiger charge is -2.11. The van der Waals surface area contributed by atoms with E-state index in [9.17, 15) is 4.39 Å². The van der Waals surface area contributed by atoms with Gasteiger partial charge in [0.15, 0.2) is 0 Å². The van der Waals surface area contributed by atoms with Crippen molar-refractivity contribution in [3.63, 3.8) is 0 Å². The number of thiocarbonyl (C=S) groups is 1. The Morgan fingerprint density at radius 2 is 2.00 bits per heavy atom. The Balaban J connectivity index is 2.38. The van der Waals surface area contributed by atoms with Gasteiger partial charge in [-0.15, -0.1) is 0 Å². The maximum atomic E-state index is 13.7. The molecule has 0 spiro atoms. The van der Waals surface area contributed by atoms with E-state index in [1.54, 1.807) is 30.3 Å². The van der Waals surface area contributed by atoms with Crippen LogP contribution >= 0.6 is 12.2 Å². The van der Waals surface area contributed by atoms with Gasteiger partial charge in [0, 0.05) is 0 Å². The van der Waals surface area contributed by atoms with Gasteiger partial charge in [-0.25, -0.2) is 4.39 Å². The zero-order valence-corrected chi connectivity index (χ0v) is 10.8. The second-order valence-corrected chi connectivity index (χ2v) is 4.32. The van der Waals surface area contributed by atoms with Crippen molar-refractivity contribution in [1.82, 2.24) is 0 Å². The molecule has 2 aromatic carbocycles. The van der Waals surface area contributed by atoms with Gasteiger partial charge in [-0.2, -0.15) is 0 Å². The van der Waals surface area contributed by atoms with Gasteiger partial charge in [-0.3, -0.25) is 0 Å². The zero-order valence-electron chi connectivity index (χ0n) is 9.97. The lowest BCUT2D eigenvalue weighted by molar-refractivity contribution is 0.281. The maximum absolute atomic E-state index is 13.7. The van der Waals surface area contributed by atoms with Gasteiger partial charge >= 0.3 is 0 Å². The molecule has 0 heterocycles. The molecule has 0 bridgehead atoms. The highest BCUT2D eigenvalue weighted by Crippen LogP contribution is 2.27. The topological polar surface area (TPSA) is 55.5 Å². The van der Waals surface area contributed by atoms with E-state index >= 15 is 0 Å². The number of hydrogen-bond donors (Lipinski definition) is 2. The minimum Gasteiger partial charge on any atom is -0.457 e. The number of ether oxygens (including phenoxy) is 1. The van der Waals surface area contributed by atoms with Crippen molar-refractivity contribution in [2.24, 2.45) is 5.73 Å². The van der Waals surface area contributed by atoms with E-state index in [0.29, 0.717) is 11.3 Å². The van der Waals surface area contributed by atoms with E-state index in [4.69, 9.17) is 27.8 Å². The Bertz CT molecular complexity index is 616. The highest BCUT2D eigenvalue weighted by molar-refractivity contribution is 7.80. The first kappa shape index (κ1) is 13.5. The molecule has 19 heavy (non-hydrogen) atoms. The van der Waals surface area contributed by atoms with Crippen LogP contribution in [0, 0.1) is 5.82 Å². The summed E-state index contributed by atoms with van der Waals surface area (Å²) in [5.41, 5.74) is 6.27. The van der Waals surface area contributed by atoms with Crippen molar-refractivity contribution < 1.29 is 14.2 Å². The largest absolute Gasteiger partial charge is 0.457 e. The van der Waals surface area contributed by atoms with Crippen molar-refractivity contribution in [2.45, 2.75) is 6.61 Å². The molecule has 0 aliphatic heterocycles. The summed E-state index contributed by atoms with van der Waals surface area (Å²) in [6.07, 6.45) is 0. The number of rotatable bonds is 4. The summed E-state index contributed by atoms with van der Waals surface area (Å²) < 4.78 is 19.2. The quantitative estimate of drug-likeness (QED) is 0.844. The fourth-order valence-corrected chi connectivity index (χ4v) is 1.86. The highest BCUT2D eigenvalue weighted by Gasteiger charge is 2.13. The molecule has 5 heteroatoms. The van der Waals surface area contributed by atoms with Crippen molar-refractivity contribution in [3.05, 3.63) is 59.4 Å². The summed E-state index contributed by atoms with van der Waals surface area (Å²) in [4.78, 5) is -0.0635. The number of halogens is 1. The predicted molar refractivity (Wildman–Crippen MR) is 74.7 cm³/mol. The molecule has 98 valence electrons. The molecule has 3 nitrogen and oxygen atoms in total. The zero-order chi connectivity index (χ0) is 13.8. The van der Waals surface area contributed by atoms with Crippen LogP contribution in [0.5, 0.6) is 11.5 Å². The van der Waals surface area contributed by atoms with Gasteiger partial charge in [0.1, 0.15) is 22.3 Å². The van der Waals surface area contributed by atoms with Crippen LogP contribution in [-0.2, 0) is 6.61 Å². The molecule has 0 aromatic heterocycles. The molecule has 0 fully saturated rings. The molecule has 0 aliphatic rings. The van der Waals surface area contributed by atoms with Gasteiger partial charge in [-0.05, 0) is 29.8 Å². The summed E-state index contributed by atoms with van der Waals surface area (Å²) in [6.45, 7) is -0.0947. The van der Waals surface area contributed by atoms with Crippen LogP contribution in [0.1, 0.15) is 11.1 Å². The molecule has 0 aliphatic carbocycles. The van der Waals surface area contributed by atoms with Crippen LogP contribution in [0.25, 0.3) is 0 Å². The summed E-state index contributed by atoms with van der Waals surface area (Å²) in [6, 6.07) is 11.2. The minimum atomic E-state index is -0.525. The fraction of sp³-hybridized carbons (Fsp3) is 0.0714. The van der Waals surface area contributed by atoms with Crippen molar-refractivity contribution in [1.29, 1.82) is 0 Å². The number of benzene rings is 2. The summed E-state index contributed by atoms with van der Waals surface area (Å²) in [7, 11) is 0. The first-order valence-corrected chi connectivity index (χ1v) is 5.98. The average Bonchev–Trinajstić information content (AvgIpc) is 2.38. The van der Waals surface area contributed by atoms with Gasteiger partial charge in [-0.1, -0.05) is 30.4 Å². The van der Waals surface area contributed by atoms with Crippen LogP contribution in [0.4, 0.5) is 4.39 Å². The van der Waals surface area contributed by atoms with Gasteiger partial charge < -0.3 is 15.6 Å². The van der Waals surface area contributed by atoms with Crippen molar-refractivity contribution >= 4 is 17.2 Å². The standard InChI is InChI=1S/C14H12FNO2S/c15-11-5-2-6-12(13(11)14(16)19)18-10-4-1-3-9(7-10)8-17/h1-7,17H,8H2,(H2,16,19). The Hall–Kier alpha value is -1.98. The summed E-state index contributed by atoms with van der Waals surface area (Å²) in [5.74, 6) is 0.209. The van der Waals surface area contributed by atoms with E-state index < -0.39 is 5.82 Å². The Labute approximate surface area is 115 Å². The van der Waals surface area contributed by atoms with Crippen molar-refractivity contribution in [2.75, 3.05) is 0 Å². The third kappa shape index (κ3) is 3.07. The fourth-order valence-electron chi connectivity index (χ4n) is 1.66. The minimum absolute atomic E-state index is 0.0635. The molecule has 2 aromatic rings. The first-order valence-electron chi connectivity index (χ1n) is 5.58. The Morgan fingerprint density at radius 1 is 1.26 bits per heavy atom. The van der Waals surface area contributed by atoms with Crippen LogP contribution in [0.3, 0.4) is 0 Å². The summed E-state index contributed by atoms with van der Waals surface area (Å²) in [5, 5.41) is 9.06. The molecular weight excluding hydrogens is 265 g/mol. The molecule has 0 saturated carbocycles. The average molecular weight is 277 g/mol. The normalized spacial score (nSPS) is 10.2. The van der Waals surface area contributed by atoms with Crippen LogP contribution < -0.4 is 10.5 Å². The Morgan fingerprint density at radius 3 is 2.68 bits per heavy atom. The van der Waals surface area contributed by atoms with Crippen LogP contribution in [0.2, 0.25) is 0 Å². The third-order valence-corrected chi connectivity index (χ3v) is 2.73. The monoisotopic (exact) mass is 277 g/mol. The van der Waals surface area contributed by atoms with E-state index in [1.165, 1.54) is 12.1 Å². The third-order valence-electron chi connectivity index (χ3n) is 2.53. The molecule has 0 radical (unpaired) electrons. The number of hydrogen-bond acceptors (Lipinski definition) is 3. The Kier molecular flexibility index (Phi) is 4.09. The molecular formula is C14H12FNO2S. The molecule has 0 unspecified atom stereocenters. The molecule has 0 atom stereocenters. The van der Waals surface area contributed by atoms with E-state index in [-0.39, 0.29) is 22.9 Å². The highest BCUT2D eigenvalue weighted by atomic mass is 32.1. The van der Waals surface area contributed by atoms with E-state index in [0.717, 1.165) is 0 Å². The van der Waals surface area contributed by atoms with Gasteiger partial charge in [0.25, 0.3) is 0 Å². The SMILES string of the molecule is NC(=S)c1c(F)cccc1Oc1cccc(CO)c1.